The van der Waals surface area contributed by atoms with E-state index in [4.69, 9.17) is 13.9 Å². The van der Waals surface area contributed by atoms with Gasteiger partial charge in [-0.3, -0.25) is 0 Å². The summed E-state index contributed by atoms with van der Waals surface area (Å²) in [5.41, 5.74) is 2.76. The monoisotopic (exact) mass is 420 g/mol. The lowest BCUT2D eigenvalue weighted by Crippen LogP contribution is -2.07. The molecule has 0 unspecified atom stereocenters. The number of rotatable bonds is 4. The smallest absolute Gasteiger partial charge is 0.362 e. The lowest BCUT2D eigenvalue weighted by Gasteiger charge is -2.03. The fraction of sp³-hybridized carbons (Fsp3) is 0.176. The molecule has 0 aliphatic heterocycles. The number of carbonyl (C=O) groups is 1. The minimum absolute atomic E-state index is 0.161. The van der Waals surface area contributed by atoms with Crippen molar-refractivity contribution >= 4 is 55.3 Å². The van der Waals surface area contributed by atoms with Crippen molar-refractivity contribution in [3.05, 3.63) is 39.1 Å². The van der Waals surface area contributed by atoms with Crippen molar-refractivity contribution < 1.29 is 18.7 Å². The maximum Gasteiger partial charge on any atom is 0.362 e. The summed E-state index contributed by atoms with van der Waals surface area (Å²) in [5.74, 6) is 0.142. The maximum absolute atomic E-state index is 12.3. The zero-order chi connectivity index (χ0) is 17.6. The average molecular weight is 421 g/mol. The Morgan fingerprint density at radius 1 is 1.44 bits per heavy atom. The van der Waals surface area contributed by atoms with Crippen LogP contribution in [0.2, 0.25) is 0 Å². The number of nitrogens with zero attached hydrogens (tertiary/aromatic N) is 2. The number of esters is 1. The zero-order valence-electron chi connectivity index (χ0n) is 13.4. The Kier molecular flexibility index (Phi) is 4.01. The SMILES string of the molecule is CCOC(=O)c1nn(-c2ccsc2)c2c1oc1cc(OC)c(Br)cc12. The molecule has 8 heteroatoms. The Bertz CT molecular complexity index is 1080. The molecule has 3 aromatic heterocycles. The van der Waals surface area contributed by atoms with Crippen molar-refractivity contribution in [2.45, 2.75) is 6.92 Å². The molecule has 0 bridgehead atoms. The van der Waals surface area contributed by atoms with Crippen LogP contribution in [0.5, 0.6) is 5.75 Å². The number of hydrogen-bond acceptors (Lipinski definition) is 6. The Morgan fingerprint density at radius 3 is 2.96 bits per heavy atom. The molecule has 4 rings (SSSR count). The summed E-state index contributed by atoms with van der Waals surface area (Å²) in [4.78, 5) is 12.3. The molecule has 0 spiro atoms. The molecule has 25 heavy (non-hydrogen) atoms. The fourth-order valence-electron chi connectivity index (χ4n) is 2.71. The first-order chi connectivity index (χ1) is 12.1. The highest BCUT2D eigenvalue weighted by molar-refractivity contribution is 9.10. The summed E-state index contributed by atoms with van der Waals surface area (Å²) in [5, 5.41) is 9.18. The third kappa shape index (κ3) is 2.52. The van der Waals surface area contributed by atoms with Gasteiger partial charge in [-0.25, -0.2) is 9.48 Å². The number of carbonyl (C=O) groups excluding carboxylic acids is 1. The minimum atomic E-state index is -0.508. The van der Waals surface area contributed by atoms with Crippen molar-refractivity contribution in [3.8, 4) is 11.4 Å². The number of halogens is 1. The zero-order valence-corrected chi connectivity index (χ0v) is 15.8. The quantitative estimate of drug-likeness (QED) is 0.444. The van der Waals surface area contributed by atoms with Crippen molar-refractivity contribution in [2.24, 2.45) is 0 Å². The molecule has 0 saturated heterocycles. The van der Waals surface area contributed by atoms with Crippen LogP contribution in [0.1, 0.15) is 17.4 Å². The minimum Gasteiger partial charge on any atom is -0.495 e. The average Bonchev–Trinajstić information content (AvgIpc) is 3.29. The van der Waals surface area contributed by atoms with Crippen LogP contribution in [0.3, 0.4) is 0 Å². The highest BCUT2D eigenvalue weighted by Crippen LogP contribution is 2.38. The second kappa shape index (κ2) is 6.20. The van der Waals surface area contributed by atoms with Gasteiger partial charge in [-0.05, 0) is 40.4 Å². The van der Waals surface area contributed by atoms with Gasteiger partial charge in [-0.15, -0.1) is 0 Å². The first-order valence-corrected chi connectivity index (χ1v) is 9.26. The highest BCUT2D eigenvalue weighted by atomic mass is 79.9. The highest BCUT2D eigenvalue weighted by Gasteiger charge is 2.26. The standard InChI is InChI=1S/C17H13BrN2O4S/c1-3-23-17(21)14-16-15(20(19-14)9-4-5-25-8-9)10-6-11(18)13(22-2)7-12(10)24-16/h4-8H,3H2,1-2H3. The van der Waals surface area contributed by atoms with Gasteiger partial charge in [-0.2, -0.15) is 16.4 Å². The molecular formula is C17H13BrN2O4S. The van der Waals surface area contributed by atoms with E-state index in [1.54, 1.807) is 36.1 Å². The van der Waals surface area contributed by atoms with Gasteiger partial charge in [0, 0.05) is 16.8 Å². The van der Waals surface area contributed by atoms with Gasteiger partial charge in [0.2, 0.25) is 5.69 Å². The van der Waals surface area contributed by atoms with E-state index >= 15 is 0 Å². The van der Waals surface area contributed by atoms with Crippen LogP contribution < -0.4 is 4.74 Å². The van der Waals surface area contributed by atoms with E-state index in [9.17, 15) is 4.79 Å². The van der Waals surface area contributed by atoms with E-state index < -0.39 is 5.97 Å². The number of benzene rings is 1. The molecule has 0 radical (unpaired) electrons. The lowest BCUT2D eigenvalue weighted by molar-refractivity contribution is 0.0520. The number of hydrogen-bond donors (Lipinski definition) is 0. The van der Waals surface area contributed by atoms with E-state index in [1.165, 1.54) is 0 Å². The van der Waals surface area contributed by atoms with Crippen LogP contribution in [0, 0.1) is 0 Å². The predicted molar refractivity (Wildman–Crippen MR) is 98.9 cm³/mol. The molecule has 0 saturated carbocycles. The van der Waals surface area contributed by atoms with Crippen LogP contribution in [0.15, 0.2) is 37.8 Å². The first-order valence-electron chi connectivity index (χ1n) is 7.52. The number of ether oxygens (including phenoxy) is 2. The van der Waals surface area contributed by atoms with Crippen molar-refractivity contribution in [3.63, 3.8) is 0 Å². The second-order valence-electron chi connectivity index (χ2n) is 5.23. The van der Waals surface area contributed by atoms with Crippen LogP contribution >= 0.6 is 27.3 Å². The molecule has 0 atom stereocenters. The summed E-state index contributed by atoms with van der Waals surface area (Å²) < 4.78 is 18.9. The van der Waals surface area contributed by atoms with Gasteiger partial charge in [0.15, 0.2) is 5.58 Å². The summed E-state index contributed by atoms with van der Waals surface area (Å²) in [6.07, 6.45) is 0. The molecule has 1 aromatic carbocycles. The summed E-state index contributed by atoms with van der Waals surface area (Å²) >= 11 is 5.05. The van der Waals surface area contributed by atoms with Crippen LogP contribution in [0.25, 0.3) is 27.8 Å². The molecular weight excluding hydrogens is 408 g/mol. The van der Waals surface area contributed by atoms with Crippen LogP contribution in [-0.2, 0) is 4.74 Å². The molecule has 0 aliphatic rings. The molecule has 128 valence electrons. The van der Waals surface area contributed by atoms with E-state index in [1.807, 2.05) is 22.9 Å². The third-order valence-electron chi connectivity index (χ3n) is 3.78. The van der Waals surface area contributed by atoms with Gasteiger partial charge in [0.05, 0.1) is 23.9 Å². The van der Waals surface area contributed by atoms with Crippen molar-refractivity contribution in [2.75, 3.05) is 13.7 Å². The maximum atomic E-state index is 12.3. The molecule has 0 N–H and O–H groups in total. The van der Waals surface area contributed by atoms with Gasteiger partial charge in [0.25, 0.3) is 0 Å². The molecule has 0 fully saturated rings. The molecule has 6 nitrogen and oxygen atoms in total. The summed E-state index contributed by atoms with van der Waals surface area (Å²) in [6, 6.07) is 5.62. The van der Waals surface area contributed by atoms with Gasteiger partial charge >= 0.3 is 5.97 Å². The molecule has 4 aromatic rings. The molecule has 3 heterocycles. The Balaban J connectivity index is 2.07. The topological polar surface area (TPSA) is 66.5 Å². The van der Waals surface area contributed by atoms with Crippen LogP contribution in [-0.4, -0.2) is 29.5 Å². The number of methoxy groups -OCH3 is 1. The summed E-state index contributed by atoms with van der Waals surface area (Å²) in [6.45, 7) is 2.02. The normalized spacial score (nSPS) is 11.3. The number of furan rings is 1. The Labute approximate surface area is 155 Å². The van der Waals surface area contributed by atoms with Crippen molar-refractivity contribution in [1.82, 2.24) is 9.78 Å². The first kappa shape index (κ1) is 16.2. The van der Waals surface area contributed by atoms with E-state index in [0.29, 0.717) is 16.9 Å². The fourth-order valence-corrected chi connectivity index (χ4v) is 3.82. The Morgan fingerprint density at radius 2 is 2.28 bits per heavy atom. The van der Waals surface area contributed by atoms with E-state index in [0.717, 1.165) is 21.1 Å². The van der Waals surface area contributed by atoms with Crippen molar-refractivity contribution in [1.29, 1.82) is 0 Å². The third-order valence-corrected chi connectivity index (χ3v) is 5.07. The Hall–Kier alpha value is -2.32. The largest absolute Gasteiger partial charge is 0.495 e. The number of aromatic nitrogens is 2. The molecule has 0 aliphatic carbocycles. The lowest BCUT2D eigenvalue weighted by atomic mass is 10.2. The number of fused-ring (bicyclic) bond motifs is 3. The number of thiophene rings is 1. The van der Waals surface area contributed by atoms with E-state index in [-0.39, 0.29) is 12.3 Å². The van der Waals surface area contributed by atoms with E-state index in [2.05, 4.69) is 21.0 Å². The van der Waals surface area contributed by atoms with Gasteiger partial charge in [-0.1, -0.05) is 0 Å². The van der Waals surface area contributed by atoms with Gasteiger partial charge in [0.1, 0.15) is 16.8 Å². The second-order valence-corrected chi connectivity index (χ2v) is 6.86. The predicted octanol–water partition coefficient (Wildman–Crippen LogP) is 4.78. The van der Waals surface area contributed by atoms with Gasteiger partial charge < -0.3 is 13.9 Å². The molecule has 0 amide bonds. The van der Waals surface area contributed by atoms with Crippen LogP contribution in [0.4, 0.5) is 0 Å². The summed E-state index contributed by atoms with van der Waals surface area (Å²) in [7, 11) is 1.59.